The van der Waals surface area contributed by atoms with Crippen molar-refractivity contribution in [3.63, 3.8) is 0 Å². The molecular formula is C18H30N3OS+. The first-order chi connectivity index (χ1) is 11.1. The smallest absolute Gasteiger partial charge is 0.278 e. The number of benzene rings is 1. The van der Waals surface area contributed by atoms with Crippen LogP contribution in [0.15, 0.2) is 30.3 Å². The largest absolute Gasteiger partial charge is 0.328 e. The Kier molecular flexibility index (Phi) is 6.93. The van der Waals surface area contributed by atoms with Gasteiger partial charge in [0, 0.05) is 12.3 Å². The average Bonchev–Trinajstić information content (AvgIpc) is 2.56. The minimum atomic E-state index is 0.0589. The summed E-state index contributed by atoms with van der Waals surface area (Å²) < 4.78 is 0.833. The van der Waals surface area contributed by atoms with Crippen molar-refractivity contribution in [3.8, 4) is 0 Å². The first kappa shape index (κ1) is 18.3. The van der Waals surface area contributed by atoms with E-state index in [9.17, 15) is 4.79 Å². The van der Waals surface area contributed by atoms with Crippen LogP contribution in [0.4, 0.5) is 0 Å². The van der Waals surface area contributed by atoms with Gasteiger partial charge in [0.2, 0.25) is 0 Å². The second-order valence-corrected chi connectivity index (χ2v) is 7.09. The highest BCUT2D eigenvalue weighted by Crippen LogP contribution is 2.19. The van der Waals surface area contributed by atoms with E-state index in [-0.39, 0.29) is 11.9 Å². The summed E-state index contributed by atoms with van der Waals surface area (Å²) in [4.78, 5) is 14.7. The lowest BCUT2D eigenvalue weighted by molar-refractivity contribution is -0.924. The lowest BCUT2D eigenvalue weighted by atomic mass is 10.1. The van der Waals surface area contributed by atoms with Gasteiger partial charge in [0.1, 0.15) is 0 Å². The Balaban J connectivity index is 2.01. The average molecular weight is 337 g/mol. The van der Waals surface area contributed by atoms with Gasteiger partial charge in [-0.3, -0.25) is 4.79 Å². The van der Waals surface area contributed by atoms with Gasteiger partial charge >= 0.3 is 0 Å². The third kappa shape index (κ3) is 5.23. The second-order valence-electron chi connectivity index (χ2n) is 6.73. The molecule has 1 amide bonds. The number of rotatable bonds is 8. The summed E-state index contributed by atoms with van der Waals surface area (Å²) in [6, 6.07) is 10.3. The highest BCUT2D eigenvalue weighted by atomic mass is 32.1. The molecule has 0 bridgehead atoms. The van der Waals surface area contributed by atoms with Crippen LogP contribution in [0.2, 0.25) is 0 Å². The third-order valence-electron chi connectivity index (χ3n) is 4.73. The van der Waals surface area contributed by atoms with Gasteiger partial charge in [0.05, 0.1) is 32.2 Å². The van der Waals surface area contributed by atoms with Crippen LogP contribution in [0, 0.1) is 0 Å². The van der Waals surface area contributed by atoms with Gasteiger partial charge in [0.15, 0.2) is 6.54 Å². The number of nitrogens with zero attached hydrogens (tertiary/aromatic N) is 2. The molecule has 1 saturated heterocycles. The number of nitrogens with two attached hydrogens (primary N) is 1. The van der Waals surface area contributed by atoms with Crippen LogP contribution in [0.5, 0.6) is 0 Å². The first-order valence-electron chi connectivity index (χ1n) is 8.62. The molecule has 2 atom stereocenters. The number of hydrogen-bond acceptors (Lipinski definition) is 3. The maximum Gasteiger partial charge on any atom is 0.278 e. The van der Waals surface area contributed by atoms with Crippen LogP contribution < -0.4 is 5.73 Å². The number of hydrogen-bond donors (Lipinski definition) is 2. The molecule has 1 unspecified atom stereocenters. The normalized spacial score (nSPS) is 23.1. The van der Waals surface area contributed by atoms with Crippen LogP contribution in [-0.4, -0.2) is 59.8 Å². The highest BCUT2D eigenvalue weighted by Gasteiger charge is 2.38. The number of carbonyl (C=O) groups is 1. The third-order valence-corrected chi connectivity index (χ3v) is 5.20. The van der Waals surface area contributed by atoms with E-state index in [2.05, 4.69) is 31.7 Å². The van der Waals surface area contributed by atoms with Gasteiger partial charge in [-0.25, -0.2) is 0 Å². The Labute approximate surface area is 145 Å². The van der Waals surface area contributed by atoms with Gasteiger partial charge in [-0.05, 0) is 12.0 Å². The molecule has 4 nitrogen and oxygen atoms in total. The molecule has 0 aliphatic carbocycles. The SMILES string of the molecule is CCCC[N+]1(C[C@@H](N)CS)CCN(Cc2ccccc2)C(=O)C1. The Bertz CT molecular complexity index is 496. The topological polar surface area (TPSA) is 46.3 Å². The lowest BCUT2D eigenvalue weighted by Crippen LogP contribution is -2.65. The minimum Gasteiger partial charge on any atom is -0.328 e. The minimum absolute atomic E-state index is 0.0589. The molecule has 1 aromatic carbocycles. The van der Waals surface area contributed by atoms with Crippen LogP contribution in [-0.2, 0) is 11.3 Å². The summed E-state index contributed by atoms with van der Waals surface area (Å²) in [5, 5.41) is 0. The van der Waals surface area contributed by atoms with Crippen LogP contribution in [0.3, 0.4) is 0 Å². The molecule has 1 fully saturated rings. The Morgan fingerprint density at radius 2 is 2.09 bits per heavy atom. The lowest BCUT2D eigenvalue weighted by Gasteiger charge is -2.45. The predicted molar refractivity (Wildman–Crippen MR) is 98.3 cm³/mol. The molecule has 0 radical (unpaired) electrons. The second kappa shape index (κ2) is 8.71. The van der Waals surface area contributed by atoms with E-state index in [1.807, 2.05) is 23.1 Å². The standard InChI is InChI=1S/C18H29N3OS/c1-2-3-10-21(13-17(19)15-23)11-9-20(18(22)14-21)12-16-7-5-4-6-8-16/h4-8,17H,2-3,9-15,19H2,1H3/p+1/t17-,21?/m1/s1. The molecule has 0 aromatic heterocycles. The van der Waals surface area contributed by atoms with E-state index >= 15 is 0 Å². The van der Waals surface area contributed by atoms with Crippen molar-refractivity contribution in [1.29, 1.82) is 0 Å². The number of unbranched alkanes of at least 4 members (excludes halogenated alkanes) is 1. The van der Waals surface area contributed by atoms with Crippen molar-refractivity contribution < 1.29 is 9.28 Å². The maximum absolute atomic E-state index is 12.7. The zero-order chi connectivity index (χ0) is 16.7. The van der Waals surface area contributed by atoms with Crippen molar-refractivity contribution in [2.45, 2.75) is 32.4 Å². The molecule has 5 heteroatoms. The quantitative estimate of drug-likeness (QED) is 0.563. The number of carbonyl (C=O) groups excluding carboxylic acids is 1. The van der Waals surface area contributed by atoms with E-state index in [1.165, 1.54) is 5.56 Å². The molecule has 2 N–H and O–H groups in total. The number of amides is 1. The molecule has 2 rings (SSSR count). The van der Waals surface area contributed by atoms with Gasteiger partial charge < -0.3 is 15.1 Å². The predicted octanol–water partition coefficient (Wildman–Crippen LogP) is 1.90. The highest BCUT2D eigenvalue weighted by molar-refractivity contribution is 7.80. The summed E-state index contributed by atoms with van der Waals surface area (Å²) in [6.45, 7) is 7.21. The van der Waals surface area contributed by atoms with Crippen molar-refractivity contribution >= 4 is 18.5 Å². The zero-order valence-corrected chi connectivity index (χ0v) is 15.0. The Morgan fingerprint density at radius 1 is 1.35 bits per heavy atom. The van der Waals surface area contributed by atoms with Gasteiger partial charge in [-0.15, -0.1) is 0 Å². The molecule has 1 aromatic rings. The van der Waals surface area contributed by atoms with Crippen molar-refractivity contribution in [3.05, 3.63) is 35.9 Å². The van der Waals surface area contributed by atoms with Crippen LogP contribution in [0.25, 0.3) is 0 Å². The van der Waals surface area contributed by atoms with Crippen LogP contribution in [0.1, 0.15) is 25.3 Å². The molecule has 0 saturated carbocycles. The maximum atomic E-state index is 12.7. The molecule has 128 valence electrons. The van der Waals surface area contributed by atoms with E-state index < -0.39 is 0 Å². The number of quaternary nitrogens is 1. The zero-order valence-electron chi connectivity index (χ0n) is 14.2. The summed E-state index contributed by atoms with van der Waals surface area (Å²) in [7, 11) is 0. The first-order valence-corrected chi connectivity index (χ1v) is 9.25. The van der Waals surface area contributed by atoms with Crippen LogP contribution >= 0.6 is 12.6 Å². The molecule has 1 heterocycles. The fraction of sp³-hybridized carbons (Fsp3) is 0.611. The Hall–Kier alpha value is -1.04. The molecule has 1 aliphatic rings. The van der Waals surface area contributed by atoms with Gasteiger partial charge in [-0.1, -0.05) is 43.7 Å². The summed E-state index contributed by atoms with van der Waals surface area (Å²) >= 11 is 4.32. The fourth-order valence-electron chi connectivity index (χ4n) is 3.38. The van der Waals surface area contributed by atoms with Crippen molar-refractivity contribution in [1.82, 2.24) is 4.90 Å². The van der Waals surface area contributed by atoms with Gasteiger partial charge in [-0.2, -0.15) is 12.6 Å². The monoisotopic (exact) mass is 336 g/mol. The summed E-state index contributed by atoms with van der Waals surface area (Å²) in [6.07, 6.45) is 2.29. The fourth-order valence-corrected chi connectivity index (χ4v) is 3.50. The summed E-state index contributed by atoms with van der Waals surface area (Å²) in [5.41, 5.74) is 7.34. The van der Waals surface area contributed by atoms with E-state index in [0.29, 0.717) is 18.8 Å². The Morgan fingerprint density at radius 3 is 2.70 bits per heavy atom. The van der Waals surface area contributed by atoms with E-state index in [1.54, 1.807) is 0 Å². The van der Waals surface area contributed by atoms with E-state index in [0.717, 1.165) is 43.5 Å². The number of thiol groups is 1. The molecule has 0 spiro atoms. The summed E-state index contributed by atoms with van der Waals surface area (Å²) in [5.74, 6) is 0.927. The van der Waals surface area contributed by atoms with Gasteiger partial charge in [0.25, 0.3) is 5.91 Å². The molecule has 1 aliphatic heterocycles. The number of piperazine rings is 1. The van der Waals surface area contributed by atoms with E-state index in [4.69, 9.17) is 5.73 Å². The molecular weight excluding hydrogens is 306 g/mol. The van der Waals surface area contributed by atoms with Crippen molar-refractivity contribution in [2.24, 2.45) is 5.73 Å². The van der Waals surface area contributed by atoms with Crippen molar-refractivity contribution in [2.75, 3.05) is 38.5 Å². The molecule has 23 heavy (non-hydrogen) atoms.